The van der Waals surface area contributed by atoms with Crippen molar-refractivity contribution in [1.29, 1.82) is 0 Å². The van der Waals surface area contributed by atoms with Crippen LogP contribution in [0.5, 0.6) is 0 Å². The highest BCUT2D eigenvalue weighted by atomic mass is 127. The van der Waals surface area contributed by atoms with E-state index in [1.807, 2.05) is 0 Å². The highest BCUT2D eigenvalue weighted by Crippen LogP contribution is 2.25. The first-order chi connectivity index (χ1) is 4.09. The molecular weight excluding hydrogens is 568 g/mol. The lowest BCUT2D eigenvalue weighted by Crippen LogP contribution is -2.22. The van der Waals surface area contributed by atoms with Crippen LogP contribution in [0.1, 0.15) is 6.92 Å². The summed E-state index contributed by atoms with van der Waals surface area (Å²) in [5, 5.41) is 0. The Hall–Kier alpha value is 2.92. The fraction of sp³-hybridized carbons (Fsp3) is 1.00. The van der Waals surface area contributed by atoms with Gasteiger partial charge in [-0.2, -0.15) is 0 Å². The van der Waals surface area contributed by atoms with Gasteiger partial charge in [-0.15, -0.1) is 0 Å². The molecule has 0 aliphatic heterocycles. The Balaban J connectivity index is 3.58. The molecule has 0 fully saturated rings. The van der Waals surface area contributed by atoms with E-state index in [0.717, 1.165) is 11.8 Å². The SMILES string of the molecule is C[C@@H](I)C(I)[C@H](I)CI. The normalized spacial score (nSPS) is 21.0. The molecule has 0 N–H and O–H groups in total. The van der Waals surface area contributed by atoms with E-state index in [-0.39, 0.29) is 0 Å². The highest BCUT2D eigenvalue weighted by molar-refractivity contribution is 14.1. The highest BCUT2D eigenvalue weighted by Gasteiger charge is 2.18. The van der Waals surface area contributed by atoms with Gasteiger partial charge in [-0.05, 0) is 0 Å². The van der Waals surface area contributed by atoms with E-state index >= 15 is 0 Å². The minimum absolute atomic E-state index is 0.792. The van der Waals surface area contributed by atoms with Crippen LogP contribution in [0.2, 0.25) is 0 Å². The minimum Gasteiger partial charge on any atom is -0.0852 e. The van der Waals surface area contributed by atoms with Crippen LogP contribution in [0.4, 0.5) is 0 Å². The fourth-order valence-corrected chi connectivity index (χ4v) is 4.07. The zero-order chi connectivity index (χ0) is 7.44. The van der Waals surface area contributed by atoms with Gasteiger partial charge in [0.05, 0.1) is 0 Å². The van der Waals surface area contributed by atoms with E-state index in [2.05, 4.69) is 97.3 Å². The lowest BCUT2D eigenvalue weighted by Gasteiger charge is -2.16. The van der Waals surface area contributed by atoms with Crippen molar-refractivity contribution in [3.8, 4) is 0 Å². The maximum absolute atomic E-state index is 2.54. The molecular formula is C5H8I4. The van der Waals surface area contributed by atoms with Crippen molar-refractivity contribution in [1.82, 2.24) is 0 Å². The van der Waals surface area contributed by atoms with Crippen LogP contribution < -0.4 is 0 Å². The lowest BCUT2D eigenvalue weighted by molar-refractivity contribution is 0.911. The molecule has 0 nitrogen and oxygen atoms in total. The molecule has 0 aromatic carbocycles. The van der Waals surface area contributed by atoms with Crippen molar-refractivity contribution < 1.29 is 0 Å². The summed E-state index contributed by atoms with van der Waals surface area (Å²) in [5.74, 6) is 0. The number of hydrogen-bond acceptors (Lipinski definition) is 0. The third kappa shape index (κ3) is 5.21. The molecule has 0 spiro atoms. The largest absolute Gasteiger partial charge is 0.0852 e. The minimum atomic E-state index is 0.792. The second kappa shape index (κ2) is 6.44. The zero-order valence-electron chi connectivity index (χ0n) is 4.95. The van der Waals surface area contributed by atoms with Crippen molar-refractivity contribution in [2.75, 3.05) is 4.43 Å². The van der Waals surface area contributed by atoms with Crippen molar-refractivity contribution in [3.63, 3.8) is 0 Å². The Labute approximate surface area is 111 Å². The molecule has 0 aromatic rings. The molecule has 0 rings (SSSR count). The Morgan fingerprint density at radius 3 is 1.78 bits per heavy atom. The molecule has 3 atom stereocenters. The maximum Gasteiger partial charge on any atom is 0.0350 e. The van der Waals surface area contributed by atoms with Crippen LogP contribution >= 0.6 is 90.4 Å². The average Bonchev–Trinajstić information content (AvgIpc) is 1.84. The molecule has 0 radical (unpaired) electrons. The maximum atomic E-state index is 2.54. The third-order valence-electron chi connectivity index (χ3n) is 0.932. The molecule has 4 heteroatoms. The molecule has 0 aromatic heterocycles. The van der Waals surface area contributed by atoms with Gasteiger partial charge < -0.3 is 0 Å². The summed E-state index contributed by atoms with van der Waals surface area (Å²) in [4.78, 5) is 0. The molecule has 56 valence electrons. The summed E-state index contributed by atoms with van der Waals surface area (Å²) in [6, 6.07) is 0. The van der Waals surface area contributed by atoms with Gasteiger partial charge in [-0.1, -0.05) is 97.3 Å². The van der Waals surface area contributed by atoms with Crippen LogP contribution in [0, 0.1) is 0 Å². The topological polar surface area (TPSA) is 0 Å². The van der Waals surface area contributed by atoms with E-state index in [4.69, 9.17) is 0 Å². The Morgan fingerprint density at radius 1 is 1.22 bits per heavy atom. The first kappa shape index (κ1) is 11.9. The second-order valence-corrected chi connectivity index (χ2v) is 7.68. The van der Waals surface area contributed by atoms with Crippen LogP contribution in [-0.2, 0) is 0 Å². The monoisotopic (exact) mass is 576 g/mol. The fourth-order valence-electron chi connectivity index (χ4n) is 0.373. The molecule has 0 saturated carbocycles. The van der Waals surface area contributed by atoms with Gasteiger partial charge in [0.15, 0.2) is 0 Å². The molecule has 0 amide bonds. The van der Waals surface area contributed by atoms with E-state index in [0.29, 0.717) is 0 Å². The molecule has 1 unspecified atom stereocenters. The Morgan fingerprint density at radius 2 is 1.67 bits per heavy atom. The van der Waals surface area contributed by atoms with E-state index in [9.17, 15) is 0 Å². The molecule has 0 aliphatic carbocycles. The van der Waals surface area contributed by atoms with Gasteiger partial charge in [-0.3, -0.25) is 0 Å². The summed E-state index contributed by atoms with van der Waals surface area (Å²) in [6.07, 6.45) is 0. The van der Waals surface area contributed by atoms with Gasteiger partial charge in [0.2, 0.25) is 0 Å². The van der Waals surface area contributed by atoms with Gasteiger partial charge in [-0.25, -0.2) is 0 Å². The zero-order valence-corrected chi connectivity index (χ0v) is 13.6. The Kier molecular flexibility index (Phi) is 8.53. The molecule has 9 heavy (non-hydrogen) atoms. The van der Waals surface area contributed by atoms with Crippen molar-refractivity contribution in [3.05, 3.63) is 0 Å². The first-order valence-corrected chi connectivity index (χ1v) is 7.84. The predicted molar refractivity (Wildman–Crippen MR) is 78.0 cm³/mol. The molecule has 0 aliphatic rings. The summed E-state index contributed by atoms with van der Waals surface area (Å²) in [5.41, 5.74) is 0. The first-order valence-electron chi connectivity index (χ1n) is 2.57. The van der Waals surface area contributed by atoms with E-state index in [1.54, 1.807) is 0 Å². The standard InChI is InChI=1S/C5H8I4/c1-3(7)5(9)4(8)2-6/h3-5H,2H2,1H3/t3-,4-,5?/m1/s1. The number of halogens is 4. The van der Waals surface area contributed by atoms with Crippen LogP contribution in [0.15, 0.2) is 0 Å². The van der Waals surface area contributed by atoms with Crippen LogP contribution in [0.3, 0.4) is 0 Å². The van der Waals surface area contributed by atoms with Gasteiger partial charge in [0, 0.05) is 16.2 Å². The van der Waals surface area contributed by atoms with E-state index in [1.165, 1.54) is 4.43 Å². The summed E-state index contributed by atoms with van der Waals surface area (Å²) >= 11 is 10.0. The number of hydrogen-bond donors (Lipinski definition) is 0. The summed E-state index contributed by atoms with van der Waals surface area (Å²) < 4.78 is 3.70. The lowest BCUT2D eigenvalue weighted by atomic mass is 10.3. The van der Waals surface area contributed by atoms with Crippen molar-refractivity contribution in [2.24, 2.45) is 0 Å². The van der Waals surface area contributed by atoms with Crippen molar-refractivity contribution >= 4 is 90.4 Å². The molecule has 0 heterocycles. The summed E-state index contributed by atoms with van der Waals surface area (Å²) in [7, 11) is 0. The number of alkyl halides is 4. The third-order valence-corrected chi connectivity index (χ3v) is 10.3. The van der Waals surface area contributed by atoms with E-state index < -0.39 is 0 Å². The molecule has 0 bridgehead atoms. The van der Waals surface area contributed by atoms with Gasteiger partial charge in [0.25, 0.3) is 0 Å². The van der Waals surface area contributed by atoms with Gasteiger partial charge in [0.1, 0.15) is 0 Å². The van der Waals surface area contributed by atoms with Crippen LogP contribution in [-0.4, -0.2) is 16.2 Å². The average molecular weight is 576 g/mol. The van der Waals surface area contributed by atoms with Gasteiger partial charge >= 0.3 is 0 Å². The van der Waals surface area contributed by atoms with Crippen LogP contribution in [0.25, 0.3) is 0 Å². The van der Waals surface area contributed by atoms with Crippen molar-refractivity contribution in [2.45, 2.75) is 18.7 Å². The Bertz CT molecular complexity index is 73.4. The molecule has 0 saturated heterocycles. The summed E-state index contributed by atoms with van der Waals surface area (Å²) in [6.45, 7) is 2.27. The smallest absolute Gasteiger partial charge is 0.0350 e. The quantitative estimate of drug-likeness (QED) is 0.355. The predicted octanol–water partition coefficient (Wildman–Crippen LogP) is 3.85. The second-order valence-electron chi connectivity index (χ2n) is 1.79. The number of rotatable bonds is 3.